The van der Waals surface area contributed by atoms with Crippen molar-refractivity contribution in [2.45, 2.75) is 12.9 Å². The molecule has 8 heteroatoms. The molecule has 0 fully saturated rings. The number of benzene rings is 2. The minimum absolute atomic E-state index is 0.186. The smallest absolute Gasteiger partial charge is 0.491 e. The van der Waals surface area contributed by atoms with Gasteiger partial charge in [-0.15, -0.1) is 13.2 Å². The van der Waals surface area contributed by atoms with Crippen LogP contribution in [0.1, 0.15) is 16.1 Å². The molecule has 0 saturated carbocycles. The monoisotopic (exact) mass is 414 g/mol. The molecule has 4 rings (SSSR count). The van der Waals surface area contributed by atoms with Crippen molar-refractivity contribution in [3.05, 3.63) is 78.1 Å². The third-order valence-electron chi connectivity index (χ3n) is 4.60. The van der Waals surface area contributed by atoms with Crippen LogP contribution in [0.3, 0.4) is 0 Å². The van der Waals surface area contributed by atoms with Crippen molar-refractivity contribution in [1.82, 2.24) is 9.88 Å². The van der Waals surface area contributed by atoms with Crippen molar-refractivity contribution in [2.75, 3.05) is 13.2 Å². The Morgan fingerprint density at radius 2 is 1.87 bits per heavy atom. The average Bonchev–Trinajstić information content (AvgIpc) is 2.86. The molecule has 0 spiro atoms. The Hall–Kier alpha value is -3.55. The first-order valence-electron chi connectivity index (χ1n) is 9.21. The second kappa shape index (κ2) is 8.06. The molecule has 154 valence electrons. The van der Waals surface area contributed by atoms with Gasteiger partial charge in [0.05, 0.1) is 24.3 Å². The van der Waals surface area contributed by atoms with Gasteiger partial charge in [-0.05, 0) is 47.5 Å². The molecule has 0 saturated heterocycles. The van der Waals surface area contributed by atoms with Crippen molar-refractivity contribution in [3.63, 3.8) is 0 Å². The number of amides is 1. The standard InChI is InChI=1S/C22H17F3N2O3/c23-22(24,25)30-18-6-3-4-15(12-18)16-7-8-19-20(13-16)29-11-10-27(21(19)28)14-17-5-1-2-9-26-17/h1-9,12-13H,10-11,14H2. The van der Waals surface area contributed by atoms with Crippen LogP contribution in [0.15, 0.2) is 66.9 Å². The Labute approximate surface area is 170 Å². The molecule has 1 amide bonds. The maximum atomic E-state index is 13.0. The van der Waals surface area contributed by atoms with E-state index in [1.54, 1.807) is 35.4 Å². The van der Waals surface area contributed by atoms with Gasteiger partial charge in [0.25, 0.3) is 5.91 Å². The predicted octanol–water partition coefficient (Wildman–Crippen LogP) is 4.68. The van der Waals surface area contributed by atoms with Crippen LogP contribution in [-0.4, -0.2) is 35.3 Å². The number of alkyl halides is 3. The number of carbonyl (C=O) groups is 1. The van der Waals surface area contributed by atoms with E-state index in [9.17, 15) is 18.0 Å². The average molecular weight is 414 g/mol. The third kappa shape index (κ3) is 4.53. The SMILES string of the molecule is O=C1c2ccc(-c3cccc(OC(F)(F)F)c3)cc2OCCN1Cc1ccccn1. The number of aromatic nitrogens is 1. The predicted molar refractivity (Wildman–Crippen MR) is 103 cm³/mol. The largest absolute Gasteiger partial charge is 0.573 e. The lowest BCUT2D eigenvalue weighted by molar-refractivity contribution is -0.274. The highest BCUT2D eigenvalue weighted by molar-refractivity contribution is 5.98. The Kier molecular flexibility index (Phi) is 5.31. The van der Waals surface area contributed by atoms with E-state index < -0.39 is 6.36 Å². The lowest BCUT2D eigenvalue weighted by Gasteiger charge is -2.19. The van der Waals surface area contributed by atoms with E-state index in [1.165, 1.54) is 18.2 Å². The van der Waals surface area contributed by atoms with Gasteiger partial charge in [0.1, 0.15) is 18.1 Å². The maximum Gasteiger partial charge on any atom is 0.573 e. The molecule has 1 aliphatic heterocycles. The van der Waals surface area contributed by atoms with Crippen molar-refractivity contribution in [2.24, 2.45) is 0 Å². The van der Waals surface area contributed by atoms with E-state index in [1.807, 2.05) is 18.2 Å². The van der Waals surface area contributed by atoms with Gasteiger partial charge < -0.3 is 14.4 Å². The first kappa shape index (κ1) is 19.8. The Morgan fingerprint density at radius 1 is 1.03 bits per heavy atom. The molecule has 1 aliphatic rings. The molecule has 0 atom stereocenters. The van der Waals surface area contributed by atoms with E-state index in [4.69, 9.17) is 4.74 Å². The molecular weight excluding hydrogens is 397 g/mol. The first-order valence-corrected chi connectivity index (χ1v) is 9.21. The zero-order valence-electron chi connectivity index (χ0n) is 15.7. The number of hydrogen-bond donors (Lipinski definition) is 0. The number of nitrogens with zero attached hydrogens (tertiary/aromatic N) is 2. The number of fused-ring (bicyclic) bond motifs is 1. The van der Waals surface area contributed by atoms with Crippen LogP contribution in [0.5, 0.6) is 11.5 Å². The van der Waals surface area contributed by atoms with Gasteiger partial charge in [-0.2, -0.15) is 0 Å². The van der Waals surface area contributed by atoms with Crippen LogP contribution in [0.2, 0.25) is 0 Å². The maximum absolute atomic E-state index is 13.0. The van der Waals surface area contributed by atoms with Gasteiger partial charge >= 0.3 is 6.36 Å². The van der Waals surface area contributed by atoms with Gasteiger partial charge in [0.15, 0.2) is 0 Å². The molecule has 0 aliphatic carbocycles. The highest BCUT2D eigenvalue weighted by atomic mass is 19.4. The van der Waals surface area contributed by atoms with E-state index in [0.717, 1.165) is 5.69 Å². The number of hydrogen-bond acceptors (Lipinski definition) is 4. The van der Waals surface area contributed by atoms with Crippen LogP contribution in [0.4, 0.5) is 13.2 Å². The van der Waals surface area contributed by atoms with Gasteiger partial charge in [0, 0.05) is 6.20 Å². The zero-order chi connectivity index (χ0) is 21.1. The summed E-state index contributed by atoms with van der Waals surface area (Å²) >= 11 is 0. The quantitative estimate of drug-likeness (QED) is 0.622. The van der Waals surface area contributed by atoms with Crippen LogP contribution in [0.25, 0.3) is 11.1 Å². The molecular formula is C22H17F3N2O3. The molecule has 0 radical (unpaired) electrons. The minimum Gasteiger partial charge on any atom is -0.491 e. The summed E-state index contributed by atoms with van der Waals surface area (Å²) in [6, 6.07) is 16.1. The van der Waals surface area contributed by atoms with E-state index in [2.05, 4.69) is 9.72 Å². The number of carbonyl (C=O) groups excluding carboxylic acids is 1. The molecule has 2 aromatic carbocycles. The van der Waals surface area contributed by atoms with E-state index >= 15 is 0 Å². The zero-order valence-corrected chi connectivity index (χ0v) is 15.7. The van der Waals surface area contributed by atoms with Gasteiger partial charge in [-0.1, -0.05) is 24.3 Å². The normalized spacial score (nSPS) is 14.0. The number of ether oxygens (including phenoxy) is 2. The fourth-order valence-corrected chi connectivity index (χ4v) is 3.25. The number of rotatable bonds is 4. The summed E-state index contributed by atoms with van der Waals surface area (Å²) in [5.41, 5.74) is 2.31. The van der Waals surface area contributed by atoms with Gasteiger partial charge in [0.2, 0.25) is 0 Å². The lowest BCUT2D eigenvalue weighted by Crippen LogP contribution is -2.32. The van der Waals surface area contributed by atoms with Gasteiger partial charge in [-0.3, -0.25) is 9.78 Å². The second-order valence-electron chi connectivity index (χ2n) is 6.68. The molecule has 30 heavy (non-hydrogen) atoms. The summed E-state index contributed by atoms with van der Waals surface area (Å²) in [5.74, 6) is -0.106. The topological polar surface area (TPSA) is 51.7 Å². The first-order chi connectivity index (χ1) is 14.4. The van der Waals surface area contributed by atoms with Crippen molar-refractivity contribution >= 4 is 5.91 Å². The summed E-state index contributed by atoms with van der Waals surface area (Å²) < 4.78 is 47.2. The number of halogens is 3. The molecule has 2 heterocycles. The van der Waals surface area contributed by atoms with Crippen LogP contribution >= 0.6 is 0 Å². The summed E-state index contributed by atoms with van der Waals surface area (Å²) in [6.45, 7) is 1.06. The highest BCUT2D eigenvalue weighted by Gasteiger charge is 2.31. The van der Waals surface area contributed by atoms with E-state index in [0.29, 0.717) is 42.1 Å². The summed E-state index contributed by atoms with van der Waals surface area (Å²) in [4.78, 5) is 18.9. The molecule has 0 bridgehead atoms. The molecule has 1 aromatic heterocycles. The summed E-state index contributed by atoms with van der Waals surface area (Å²) in [6.07, 6.45) is -3.09. The third-order valence-corrected chi connectivity index (χ3v) is 4.60. The fraction of sp³-hybridized carbons (Fsp3) is 0.182. The summed E-state index contributed by atoms with van der Waals surface area (Å²) in [7, 11) is 0. The van der Waals surface area contributed by atoms with Gasteiger partial charge in [-0.25, -0.2) is 0 Å². The minimum atomic E-state index is -4.76. The Balaban J connectivity index is 1.59. The van der Waals surface area contributed by atoms with Crippen LogP contribution in [-0.2, 0) is 6.54 Å². The molecule has 5 nitrogen and oxygen atoms in total. The molecule has 0 unspecified atom stereocenters. The Morgan fingerprint density at radius 3 is 2.63 bits per heavy atom. The van der Waals surface area contributed by atoms with Crippen molar-refractivity contribution in [1.29, 1.82) is 0 Å². The Bertz CT molecular complexity index is 1050. The lowest BCUT2D eigenvalue weighted by atomic mass is 10.0. The van der Waals surface area contributed by atoms with E-state index in [-0.39, 0.29) is 11.7 Å². The second-order valence-corrected chi connectivity index (χ2v) is 6.68. The molecule has 3 aromatic rings. The van der Waals surface area contributed by atoms with Crippen molar-refractivity contribution < 1.29 is 27.4 Å². The van der Waals surface area contributed by atoms with Crippen LogP contribution in [0, 0.1) is 0 Å². The molecule has 0 N–H and O–H groups in total. The van der Waals surface area contributed by atoms with Crippen molar-refractivity contribution in [3.8, 4) is 22.6 Å². The fourth-order valence-electron chi connectivity index (χ4n) is 3.25. The summed E-state index contributed by atoms with van der Waals surface area (Å²) in [5, 5.41) is 0. The van der Waals surface area contributed by atoms with Crippen LogP contribution < -0.4 is 9.47 Å². The number of pyridine rings is 1. The highest BCUT2D eigenvalue weighted by Crippen LogP contribution is 2.32.